The number of aryl methyl sites for hydroxylation is 1. The standard InChI is InChI=1S/C26H20F3N5O10S/c1-16-2-4-19(5-3-16)23-13-24(26(27,28)29)30-32(23)20-6-8-22(9-7-20)45(40,41)31-25(35)44-21-11-17(14-42-33(36)37)10-18(12-21)15-43-34(38)39/h2-13H,14-15H2,1H3,(H,31,35). The third-order valence-corrected chi connectivity index (χ3v) is 7.19. The number of nitrogens with zero attached hydrogens (tertiary/aromatic N) is 4. The Hall–Kier alpha value is -5.72. The lowest BCUT2D eigenvalue weighted by Crippen LogP contribution is -2.33. The van der Waals surface area contributed by atoms with Gasteiger partial charge in [0.1, 0.15) is 19.0 Å². The van der Waals surface area contributed by atoms with Gasteiger partial charge in [-0.05, 0) is 60.5 Å². The second kappa shape index (κ2) is 12.9. The molecule has 4 aromatic rings. The number of benzene rings is 3. The molecule has 4 rings (SSSR count). The van der Waals surface area contributed by atoms with Gasteiger partial charge in [0.2, 0.25) is 0 Å². The normalized spacial score (nSPS) is 11.5. The van der Waals surface area contributed by atoms with E-state index in [-0.39, 0.29) is 28.3 Å². The van der Waals surface area contributed by atoms with Gasteiger partial charge in [0, 0.05) is 5.56 Å². The van der Waals surface area contributed by atoms with Gasteiger partial charge in [-0.25, -0.2) is 22.6 Å². The van der Waals surface area contributed by atoms with Crippen molar-refractivity contribution in [3.05, 3.63) is 115 Å². The van der Waals surface area contributed by atoms with Crippen molar-refractivity contribution >= 4 is 16.1 Å². The molecule has 0 unspecified atom stereocenters. The Morgan fingerprint density at radius 1 is 0.911 bits per heavy atom. The van der Waals surface area contributed by atoms with Crippen molar-refractivity contribution in [3.63, 3.8) is 0 Å². The lowest BCUT2D eigenvalue weighted by Gasteiger charge is -2.12. The smallest absolute Gasteiger partial charge is 0.410 e. The topological polar surface area (TPSA) is 195 Å². The first-order chi connectivity index (χ1) is 21.1. The van der Waals surface area contributed by atoms with Crippen molar-refractivity contribution < 1.29 is 51.0 Å². The van der Waals surface area contributed by atoms with Crippen LogP contribution in [0.5, 0.6) is 5.75 Å². The van der Waals surface area contributed by atoms with Crippen LogP contribution >= 0.6 is 0 Å². The molecule has 0 aliphatic rings. The van der Waals surface area contributed by atoms with Crippen LogP contribution in [0.15, 0.2) is 77.7 Å². The number of nitrogens with one attached hydrogen (secondary N) is 1. The number of hydrogen-bond acceptors (Lipinski definition) is 11. The van der Waals surface area contributed by atoms with E-state index in [9.17, 15) is 46.6 Å². The third kappa shape index (κ3) is 8.44. The molecule has 1 aromatic heterocycles. The maximum atomic E-state index is 13.5. The minimum Gasteiger partial charge on any atom is -0.410 e. The summed E-state index contributed by atoms with van der Waals surface area (Å²) in [5, 5.41) is 22.5. The summed E-state index contributed by atoms with van der Waals surface area (Å²) in [4.78, 5) is 41.5. The molecule has 0 radical (unpaired) electrons. The summed E-state index contributed by atoms with van der Waals surface area (Å²) in [5.74, 6) is -0.354. The van der Waals surface area contributed by atoms with Crippen molar-refractivity contribution in [3.8, 4) is 22.7 Å². The summed E-state index contributed by atoms with van der Waals surface area (Å²) in [6.45, 7) is 0.547. The zero-order valence-corrected chi connectivity index (χ0v) is 23.6. The van der Waals surface area contributed by atoms with Crippen LogP contribution < -0.4 is 9.46 Å². The Balaban J connectivity index is 1.55. The van der Waals surface area contributed by atoms with E-state index < -0.39 is 56.3 Å². The molecule has 1 amide bonds. The van der Waals surface area contributed by atoms with Gasteiger partial charge in [0.15, 0.2) is 5.69 Å². The molecule has 0 atom stereocenters. The van der Waals surface area contributed by atoms with Gasteiger partial charge in [-0.3, -0.25) is 0 Å². The lowest BCUT2D eigenvalue weighted by atomic mass is 10.1. The summed E-state index contributed by atoms with van der Waals surface area (Å²) >= 11 is 0. The molecule has 236 valence electrons. The molecular weight excluding hydrogens is 631 g/mol. The van der Waals surface area contributed by atoms with Crippen LogP contribution in [0.2, 0.25) is 0 Å². The fraction of sp³-hybridized carbons (Fsp3) is 0.154. The molecule has 0 saturated heterocycles. The summed E-state index contributed by atoms with van der Waals surface area (Å²) in [5.41, 5.74) is 0.383. The molecule has 0 saturated carbocycles. The maximum Gasteiger partial charge on any atom is 0.435 e. The van der Waals surface area contributed by atoms with Gasteiger partial charge in [0.25, 0.3) is 20.2 Å². The molecule has 1 heterocycles. The molecule has 1 N–H and O–H groups in total. The molecule has 19 heteroatoms. The van der Waals surface area contributed by atoms with E-state index in [2.05, 4.69) is 14.8 Å². The number of hydrogen-bond donors (Lipinski definition) is 1. The average molecular weight is 652 g/mol. The van der Waals surface area contributed by atoms with Crippen LogP contribution in [0.25, 0.3) is 16.9 Å². The first-order valence-corrected chi connectivity index (χ1v) is 13.9. The zero-order valence-electron chi connectivity index (χ0n) is 22.8. The number of carbonyl (C=O) groups excluding carboxylic acids is 1. The predicted molar refractivity (Wildman–Crippen MR) is 145 cm³/mol. The highest BCUT2D eigenvalue weighted by molar-refractivity contribution is 7.90. The van der Waals surface area contributed by atoms with Crippen molar-refractivity contribution in [1.29, 1.82) is 0 Å². The number of amides is 1. The highest BCUT2D eigenvalue weighted by Gasteiger charge is 2.35. The predicted octanol–water partition coefficient (Wildman–Crippen LogP) is 4.76. The SMILES string of the molecule is Cc1ccc(-c2cc(C(F)(F)F)nn2-c2ccc(S(=O)(=O)NC(=O)Oc3cc(CO[N+](=O)[O-])cc(CO[N+](=O)[O-])c3)cc2)cc1. The van der Waals surface area contributed by atoms with Gasteiger partial charge in [0.05, 0.1) is 16.3 Å². The Morgan fingerprint density at radius 3 is 1.98 bits per heavy atom. The quantitative estimate of drug-likeness (QED) is 0.173. The summed E-state index contributed by atoms with van der Waals surface area (Å²) in [6.07, 6.45) is -6.27. The van der Waals surface area contributed by atoms with Crippen LogP contribution in [0.1, 0.15) is 22.4 Å². The van der Waals surface area contributed by atoms with E-state index in [4.69, 9.17) is 4.74 Å². The number of ether oxygens (including phenoxy) is 1. The van der Waals surface area contributed by atoms with Crippen LogP contribution in [0.3, 0.4) is 0 Å². The highest BCUT2D eigenvalue weighted by Crippen LogP contribution is 2.33. The maximum absolute atomic E-state index is 13.5. The van der Waals surface area contributed by atoms with E-state index >= 15 is 0 Å². The first-order valence-electron chi connectivity index (χ1n) is 12.4. The molecular formula is C26H20F3N5O10S. The summed E-state index contributed by atoms with van der Waals surface area (Å²) in [7, 11) is -4.59. The third-order valence-electron chi connectivity index (χ3n) is 5.87. The lowest BCUT2D eigenvalue weighted by molar-refractivity contribution is -0.763. The van der Waals surface area contributed by atoms with Crippen LogP contribution in [0.4, 0.5) is 18.0 Å². The van der Waals surface area contributed by atoms with Crippen molar-refractivity contribution in [2.24, 2.45) is 0 Å². The number of carbonyl (C=O) groups is 1. The van der Waals surface area contributed by atoms with Crippen molar-refractivity contribution in [2.45, 2.75) is 31.2 Å². The van der Waals surface area contributed by atoms with Crippen LogP contribution in [-0.4, -0.2) is 34.5 Å². The van der Waals surface area contributed by atoms with E-state index in [1.54, 1.807) is 29.0 Å². The average Bonchev–Trinajstić information content (AvgIpc) is 3.41. The first kappa shape index (κ1) is 32.2. The summed E-state index contributed by atoms with van der Waals surface area (Å²) in [6, 6.07) is 15.3. The highest BCUT2D eigenvalue weighted by atomic mass is 32.2. The van der Waals surface area contributed by atoms with Crippen LogP contribution in [-0.2, 0) is 39.1 Å². The van der Waals surface area contributed by atoms with E-state index in [0.29, 0.717) is 5.56 Å². The van der Waals surface area contributed by atoms with E-state index in [1.165, 1.54) is 18.2 Å². The number of aromatic nitrogens is 2. The molecule has 0 fully saturated rings. The largest absolute Gasteiger partial charge is 0.435 e. The number of rotatable bonds is 11. The number of halogens is 3. The molecule has 45 heavy (non-hydrogen) atoms. The second-order valence-corrected chi connectivity index (χ2v) is 10.8. The minimum absolute atomic E-state index is 0.0368. The molecule has 0 aliphatic carbocycles. The van der Waals surface area contributed by atoms with E-state index in [1.807, 2.05) is 6.92 Å². The fourth-order valence-electron chi connectivity index (χ4n) is 3.92. The van der Waals surface area contributed by atoms with Crippen molar-refractivity contribution in [1.82, 2.24) is 14.5 Å². The Labute approximate surface area is 251 Å². The molecule has 15 nitrogen and oxygen atoms in total. The second-order valence-electron chi connectivity index (χ2n) is 9.16. The van der Waals surface area contributed by atoms with Crippen molar-refractivity contribution in [2.75, 3.05) is 0 Å². The molecule has 3 aromatic carbocycles. The number of sulfonamides is 1. The molecule has 0 bridgehead atoms. The van der Waals surface area contributed by atoms with Gasteiger partial charge in [-0.2, -0.15) is 18.3 Å². The Morgan fingerprint density at radius 2 is 1.47 bits per heavy atom. The Bertz CT molecular complexity index is 1810. The van der Waals surface area contributed by atoms with Crippen LogP contribution in [0, 0.1) is 27.2 Å². The minimum atomic E-state index is -4.75. The summed E-state index contributed by atoms with van der Waals surface area (Å²) < 4.78 is 73.8. The molecule has 0 spiro atoms. The van der Waals surface area contributed by atoms with Gasteiger partial charge in [-0.1, -0.05) is 35.9 Å². The van der Waals surface area contributed by atoms with E-state index in [0.717, 1.165) is 40.6 Å². The van der Waals surface area contributed by atoms with Gasteiger partial charge >= 0.3 is 12.3 Å². The zero-order chi connectivity index (χ0) is 32.9. The Kier molecular flexibility index (Phi) is 9.21. The monoisotopic (exact) mass is 651 g/mol. The molecule has 0 aliphatic heterocycles. The fourth-order valence-corrected chi connectivity index (χ4v) is 4.79. The number of alkyl halides is 3. The van der Waals surface area contributed by atoms with Gasteiger partial charge in [-0.15, -0.1) is 20.2 Å². The van der Waals surface area contributed by atoms with Gasteiger partial charge < -0.3 is 14.4 Å².